The van der Waals surface area contributed by atoms with Crippen molar-refractivity contribution in [2.75, 3.05) is 0 Å². The van der Waals surface area contributed by atoms with Gasteiger partial charge in [-0.25, -0.2) is 15.0 Å². The van der Waals surface area contributed by atoms with Crippen LogP contribution in [0.4, 0.5) is 0 Å². The fourth-order valence-electron chi connectivity index (χ4n) is 1.57. The lowest BCUT2D eigenvalue weighted by atomic mass is 10.2. The number of halogens is 6. The molecule has 140 valence electrons. The second-order valence-electron chi connectivity index (χ2n) is 4.72. The highest BCUT2D eigenvalue weighted by Crippen LogP contribution is 2.40. The van der Waals surface area contributed by atoms with Crippen molar-refractivity contribution in [1.82, 2.24) is 15.0 Å². The standard InChI is InChI=1S/C14H9Cl6N3O2S/c1-2-9(24)25-26-8-5-3-7(4-6-8)10-21-11(13(15,16)17)23-12(22-10)14(18,19)20/h3-6H,2H2,1H3. The third-order valence-electron chi connectivity index (χ3n) is 2.77. The van der Waals surface area contributed by atoms with Gasteiger partial charge in [-0.2, -0.15) is 0 Å². The first-order chi connectivity index (χ1) is 12.0. The summed E-state index contributed by atoms with van der Waals surface area (Å²) in [5.74, 6) is -0.519. The molecule has 0 saturated carbocycles. The average molecular weight is 496 g/mol. The Morgan fingerprint density at radius 3 is 1.88 bits per heavy atom. The number of benzene rings is 1. The van der Waals surface area contributed by atoms with Gasteiger partial charge in [0.25, 0.3) is 0 Å². The molecule has 12 heteroatoms. The molecule has 1 heterocycles. The minimum Gasteiger partial charge on any atom is -0.386 e. The SMILES string of the molecule is CCC(=O)OSc1ccc(-c2nc(C(Cl)(Cl)Cl)nc(C(Cl)(Cl)Cl)n2)cc1. The predicted molar refractivity (Wildman–Crippen MR) is 106 cm³/mol. The van der Waals surface area contributed by atoms with Crippen molar-refractivity contribution in [3.63, 3.8) is 0 Å². The van der Waals surface area contributed by atoms with Crippen LogP contribution >= 0.6 is 81.6 Å². The maximum absolute atomic E-state index is 11.2. The van der Waals surface area contributed by atoms with Gasteiger partial charge in [0.1, 0.15) is 0 Å². The quantitative estimate of drug-likeness (QED) is 0.374. The van der Waals surface area contributed by atoms with Gasteiger partial charge in [0, 0.05) is 16.9 Å². The molecule has 26 heavy (non-hydrogen) atoms. The van der Waals surface area contributed by atoms with Crippen LogP contribution in [0.1, 0.15) is 25.0 Å². The van der Waals surface area contributed by atoms with Gasteiger partial charge in [-0.3, -0.25) is 4.79 Å². The first kappa shape index (κ1) is 22.1. The van der Waals surface area contributed by atoms with Crippen LogP contribution in [0.25, 0.3) is 11.4 Å². The van der Waals surface area contributed by atoms with Gasteiger partial charge in [-0.05, 0) is 24.3 Å². The van der Waals surface area contributed by atoms with E-state index in [1.807, 2.05) is 0 Å². The molecule has 2 aromatic rings. The maximum Gasteiger partial charge on any atom is 0.317 e. The number of carbonyl (C=O) groups excluding carboxylic acids is 1. The summed E-state index contributed by atoms with van der Waals surface area (Å²) >= 11 is 36.0. The first-order valence-corrected chi connectivity index (χ1v) is 9.90. The van der Waals surface area contributed by atoms with E-state index in [2.05, 4.69) is 15.0 Å². The minimum absolute atomic E-state index is 0.157. The van der Waals surface area contributed by atoms with Gasteiger partial charge in [-0.1, -0.05) is 76.5 Å². The van der Waals surface area contributed by atoms with Crippen molar-refractivity contribution in [3.05, 3.63) is 35.9 Å². The van der Waals surface area contributed by atoms with E-state index in [9.17, 15) is 4.79 Å². The second kappa shape index (κ2) is 8.86. The molecular weight excluding hydrogens is 487 g/mol. The number of carbonyl (C=O) groups is 1. The predicted octanol–water partition coefficient (Wildman–Crippen LogP) is 6.15. The molecule has 0 aliphatic rings. The molecule has 0 aliphatic heterocycles. The van der Waals surface area contributed by atoms with Crippen LogP contribution in [-0.2, 0) is 16.6 Å². The Balaban J connectivity index is 2.36. The van der Waals surface area contributed by atoms with E-state index in [1.165, 1.54) is 0 Å². The highest BCUT2D eigenvalue weighted by Gasteiger charge is 2.34. The molecule has 1 aromatic carbocycles. The number of hydrogen-bond acceptors (Lipinski definition) is 6. The molecule has 5 nitrogen and oxygen atoms in total. The Morgan fingerprint density at radius 1 is 0.962 bits per heavy atom. The van der Waals surface area contributed by atoms with Crippen LogP contribution < -0.4 is 0 Å². The van der Waals surface area contributed by atoms with Gasteiger partial charge in [-0.15, -0.1) is 0 Å². The lowest BCUT2D eigenvalue weighted by Gasteiger charge is -2.15. The van der Waals surface area contributed by atoms with Crippen molar-refractivity contribution in [3.8, 4) is 11.4 Å². The number of alkyl halides is 6. The highest BCUT2D eigenvalue weighted by atomic mass is 35.6. The zero-order chi connectivity index (χ0) is 19.5. The number of rotatable bonds is 4. The van der Waals surface area contributed by atoms with Crippen molar-refractivity contribution < 1.29 is 8.98 Å². The summed E-state index contributed by atoms with van der Waals surface area (Å²) < 4.78 is 1.13. The van der Waals surface area contributed by atoms with E-state index < -0.39 is 7.59 Å². The fraction of sp³-hybridized carbons (Fsp3) is 0.286. The van der Waals surface area contributed by atoms with Crippen LogP contribution in [0.5, 0.6) is 0 Å². The van der Waals surface area contributed by atoms with Crippen molar-refractivity contribution in [2.24, 2.45) is 0 Å². The molecule has 0 atom stereocenters. The van der Waals surface area contributed by atoms with Crippen LogP contribution in [0.2, 0.25) is 0 Å². The largest absolute Gasteiger partial charge is 0.386 e. The van der Waals surface area contributed by atoms with Gasteiger partial charge in [0.2, 0.25) is 7.59 Å². The van der Waals surface area contributed by atoms with E-state index in [0.29, 0.717) is 10.5 Å². The molecule has 0 bridgehead atoms. The second-order valence-corrected chi connectivity index (χ2v) is 10.1. The maximum atomic E-state index is 11.2. The Bertz CT molecular complexity index is 760. The van der Waals surface area contributed by atoms with Crippen LogP contribution in [0.15, 0.2) is 29.2 Å². The van der Waals surface area contributed by atoms with E-state index in [-0.39, 0.29) is 29.9 Å². The lowest BCUT2D eigenvalue weighted by Crippen LogP contribution is -2.16. The summed E-state index contributed by atoms with van der Waals surface area (Å²) in [6.07, 6.45) is 0.287. The molecule has 1 aromatic heterocycles. The number of aromatic nitrogens is 3. The highest BCUT2D eigenvalue weighted by molar-refractivity contribution is 7.95. The number of hydrogen-bond donors (Lipinski definition) is 0. The minimum atomic E-state index is -1.92. The fourth-order valence-corrected chi connectivity index (χ4v) is 2.63. The van der Waals surface area contributed by atoms with E-state index in [1.54, 1.807) is 31.2 Å². The summed E-state index contributed by atoms with van der Waals surface area (Å²) in [4.78, 5) is 24.0. The van der Waals surface area contributed by atoms with Gasteiger partial charge >= 0.3 is 5.97 Å². The molecule has 0 spiro atoms. The van der Waals surface area contributed by atoms with Crippen LogP contribution in [-0.4, -0.2) is 20.9 Å². The van der Waals surface area contributed by atoms with Gasteiger partial charge < -0.3 is 4.18 Å². The number of nitrogens with zero attached hydrogens (tertiary/aromatic N) is 3. The van der Waals surface area contributed by atoms with E-state index in [4.69, 9.17) is 73.8 Å². The van der Waals surface area contributed by atoms with Gasteiger partial charge in [0.15, 0.2) is 17.5 Å². The van der Waals surface area contributed by atoms with E-state index in [0.717, 1.165) is 12.0 Å². The Labute approximate surface area is 183 Å². The molecular formula is C14H9Cl6N3O2S. The topological polar surface area (TPSA) is 65.0 Å². The summed E-state index contributed by atoms with van der Waals surface area (Å²) in [6.45, 7) is 1.71. The smallest absolute Gasteiger partial charge is 0.317 e. The van der Waals surface area contributed by atoms with Gasteiger partial charge in [0.05, 0.1) is 12.0 Å². The van der Waals surface area contributed by atoms with E-state index >= 15 is 0 Å². The first-order valence-electron chi connectivity index (χ1n) is 6.89. The molecule has 0 N–H and O–H groups in total. The summed E-state index contributed by atoms with van der Waals surface area (Å²) in [5.41, 5.74) is 0.560. The normalized spacial score (nSPS) is 12.1. The van der Waals surface area contributed by atoms with Crippen molar-refractivity contribution in [1.29, 1.82) is 0 Å². The lowest BCUT2D eigenvalue weighted by molar-refractivity contribution is -0.132. The van der Waals surface area contributed by atoms with Crippen molar-refractivity contribution >= 4 is 87.6 Å². The van der Waals surface area contributed by atoms with Crippen molar-refractivity contribution in [2.45, 2.75) is 25.8 Å². The molecule has 0 amide bonds. The Hall–Kier alpha value is -0.210. The third kappa shape index (κ3) is 6.16. The molecule has 0 fully saturated rings. The molecule has 2 rings (SSSR count). The monoisotopic (exact) mass is 493 g/mol. The average Bonchev–Trinajstić information content (AvgIpc) is 2.58. The zero-order valence-corrected chi connectivity index (χ0v) is 18.2. The molecule has 0 saturated heterocycles. The Kier molecular flexibility index (Phi) is 7.53. The summed E-state index contributed by atoms with van der Waals surface area (Å²) in [6, 6.07) is 6.77. The zero-order valence-electron chi connectivity index (χ0n) is 12.9. The summed E-state index contributed by atoms with van der Waals surface area (Å²) in [5, 5.41) is 0. The van der Waals surface area contributed by atoms with Crippen LogP contribution in [0.3, 0.4) is 0 Å². The summed E-state index contributed by atoms with van der Waals surface area (Å²) in [7, 11) is 0. The molecule has 0 unspecified atom stereocenters. The van der Waals surface area contributed by atoms with Crippen LogP contribution in [0, 0.1) is 0 Å². The molecule has 0 aliphatic carbocycles. The molecule has 0 radical (unpaired) electrons. The Morgan fingerprint density at radius 2 is 1.46 bits per heavy atom. The third-order valence-corrected chi connectivity index (χ3v) is 4.52.